The Morgan fingerprint density at radius 1 is 1.08 bits per heavy atom. The number of sulfonamides is 1. The SMILES string of the molecule is Cc1cc(C)cc(N(C(C)C(=O)Nc2ccc(F)cc2)S(C)(=O)=O)c1. The molecule has 2 aromatic rings. The Morgan fingerprint density at radius 2 is 1.60 bits per heavy atom. The van der Waals surface area contributed by atoms with Crippen molar-refractivity contribution in [2.45, 2.75) is 26.8 Å². The molecule has 1 amide bonds. The number of hydrogen-bond acceptors (Lipinski definition) is 3. The van der Waals surface area contributed by atoms with Gasteiger partial charge in [0.25, 0.3) is 0 Å². The van der Waals surface area contributed by atoms with E-state index in [9.17, 15) is 17.6 Å². The van der Waals surface area contributed by atoms with E-state index in [1.165, 1.54) is 31.2 Å². The molecule has 1 N–H and O–H groups in total. The van der Waals surface area contributed by atoms with Gasteiger partial charge in [-0.3, -0.25) is 9.10 Å². The first-order valence-corrected chi connectivity index (χ1v) is 9.57. The summed E-state index contributed by atoms with van der Waals surface area (Å²) in [6.45, 7) is 5.23. The molecule has 2 aromatic carbocycles. The van der Waals surface area contributed by atoms with Crippen LogP contribution >= 0.6 is 0 Å². The summed E-state index contributed by atoms with van der Waals surface area (Å²) in [5.41, 5.74) is 2.62. The maximum absolute atomic E-state index is 13.0. The van der Waals surface area contributed by atoms with Crippen molar-refractivity contribution in [3.05, 3.63) is 59.4 Å². The van der Waals surface area contributed by atoms with Crippen LogP contribution in [0.5, 0.6) is 0 Å². The Hall–Kier alpha value is -2.41. The number of nitrogens with one attached hydrogen (secondary N) is 1. The summed E-state index contributed by atoms with van der Waals surface area (Å²) in [6.07, 6.45) is 1.06. The molecular formula is C18H21FN2O3S. The molecule has 0 saturated carbocycles. The molecule has 2 rings (SSSR count). The lowest BCUT2D eigenvalue weighted by Crippen LogP contribution is -2.45. The fourth-order valence-electron chi connectivity index (χ4n) is 2.67. The van der Waals surface area contributed by atoms with Crippen LogP contribution in [-0.4, -0.2) is 26.6 Å². The minimum atomic E-state index is -3.68. The summed E-state index contributed by atoms with van der Waals surface area (Å²) < 4.78 is 38.6. The highest BCUT2D eigenvalue weighted by Crippen LogP contribution is 2.24. The van der Waals surface area contributed by atoms with Gasteiger partial charge in [-0.2, -0.15) is 0 Å². The van der Waals surface area contributed by atoms with Gasteiger partial charge in [0.1, 0.15) is 11.9 Å². The second kappa shape index (κ2) is 7.23. The first kappa shape index (κ1) is 18.9. The Balaban J connectivity index is 2.34. The number of nitrogens with zero attached hydrogens (tertiary/aromatic N) is 1. The van der Waals surface area contributed by atoms with E-state index in [2.05, 4.69) is 5.32 Å². The van der Waals surface area contributed by atoms with Gasteiger partial charge in [0, 0.05) is 5.69 Å². The smallest absolute Gasteiger partial charge is 0.247 e. The highest BCUT2D eigenvalue weighted by molar-refractivity contribution is 7.92. The molecule has 7 heteroatoms. The van der Waals surface area contributed by atoms with Crippen molar-refractivity contribution >= 4 is 27.3 Å². The van der Waals surface area contributed by atoms with Crippen LogP contribution in [-0.2, 0) is 14.8 Å². The maximum atomic E-state index is 13.0. The number of amides is 1. The largest absolute Gasteiger partial charge is 0.324 e. The standard InChI is InChI=1S/C18H21FN2O3S/c1-12-9-13(2)11-17(10-12)21(25(4,23)24)14(3)18(22)20-16-7-5-15(19)6-8-16/h5-11,14H,1-4H3,(H,20,22). The Bertz CT molecular complexity index is 859. The number of aryl methyl sites for hydroxylation is 2. The summed E-state index contributed by atoms with van der Waals surface area (Å²) in [6, 6.07) is 9.67. The highest BCUT2D eigenvalue weighted by Gasteiger charge is 2.29. The molecule has 0 fully saturated rings. The number of hydrogen-bond donors (Lipinski definition) is 1. The Kier molecular flexibility index (Phi) is 5.47. The monoisotopic (exact) mass is 364 g/mol. The van der Waals surface area contributed by atoms with Crippen molar-refractivity contribution in [1.82, 2.24) is 0 Å². The van der Waals surface area contributed by atoms with Crippen molar-refractivity contribution in [2.24, 2.45) is 0 Å². The lowest BCUT2D eigenvalue weighted by Gasteiger charge is -2.28. The van der Waals surface area contributed by atoms with E-state index in [0.29, 0.717) is 11.4 Å². The minimum absolute atomic E-state index is 0.395. The minimum Gasteiger partial charge on any atom is -0.324 e. The van der Waals surface area contributed by atoms with Crippen LogP contribution < -0.4 is 9.62 Å². The zero-order chi connectivity index (χ0) is 18.8. The molecule has 0 radical (unpaired) electrons. The molecule has 1 atom stereocenters. The molecule has 0 aliphatic rings. The molecule has 0 aliphatic carbocycles. The third kappa shape index (κ3) is 4.79. The van der Waals surface area contributed by atoms with Gasteiger partial charge < -0.3 is 5.32 Å². The number of anilines is 2. The van der Waals surface area contributed by atoms with Gasteiger partial charge in [0.2, 0.25) is 15.9 Å². The van der Waals surface area contributed by atoms with Crippen LogP contribution in [0.15, 0.2) is 42.5 Å². The zero-order valence-electron chi connectivity index (χ0n) is 14.6. The summed E-state index contributed by atoms with van der Waals surface area (Å²) >= 11 is 0. The molecule has 0 aromatic heterocycles. The van der Waals surface area contributed by atoms with E-state index in [0.717, 1.165) is 21.7 Å². The summed E-state index contributed by atoms with van der Waals surface area (Å²) in [4.78, 5) is 12.5. The number of rotatable bonds is 5. The Morgan fingerprint density at radius 3 is 2.08 bits per heavy atom. The summed E-state index contributed by atoms with van der Waals surface area (Å²) in [5, 5.41) is 2.61. The number of benzene rings is 2. The van der Waals surface area contributed by atoms with Crippen LogP contribution in [0.4, 0.5) is 15.8 Å². The average Bonchev–Trinajstić information content (AvgIpc) is 2.47. The van der Waals surface area contributed by atoms with E-state index < -0.39 is 27.8 Å². The van der Waals surface area contributed by atoms with Crippen LogP contribution in [0.2, 0.25) is 0 Å². The van der Waals surface area contributed by atoms with E-state index in [-0.39, 0.29) is 0 Å². The fraction of sp³-hybridized carbons (Fsp3) is 0.278. The van der Waals surface area contributed by atoms with E-state index >= 15 is 0 Å². The van der Waals surface area contributed by atoms with E-state index in [4.69, 9.17) is 0 Å². The van der Waals surface area contributed by atoms with Crippen molar-refractivity contribution in [2.75, 3.05) is 15.9 Å². The third-order valence-electron chi connectivity index (χ3n) is 3.66. The molecule has 0 bridgehead atoms. The van der Waals surface area contributed by atoms with Crippen LogP contribution in [0.25, 0.3) is 0 Å². The average molecular weight is 364 g/mol. The molecule has 0 saturated heterocycles. The van der Waals surface area contributed by atoms with Crippen LogP contribution in [0, 0.1) is 19.7 Å². The second-order valence-corrected chi connectivity index (χ2v) is 7.94. The van der Waals surface area contributed by atoms with Gasteiger partial charge >= 0.3 is 0 Å². The normalized spacial score (nSPS) is 12.5. The second-order valence-electron chi connectivity index (χ2n) is 6.08. The molecule has 25 heavy (non-hydrogen) atoms. The van der Waals surface area contributed by atoms with Crippen molar-refractivity contribution in [3.63, 3.8) is 0 Å². The van der Waals surface area contributed by atoms with Crippen molar-refractivity contribution in [1.29, 1.82) is 0 Å². The highest BCUT2D eigenvalue weighted by atomic mass is 32.2. The van der Waals surface area contributed by atoms with Crippen molar-refractivity contribution < 1.29 is 17.6 Å². The third-order valence-corrected chi connectivity index (χ3v) is 4.90. The quantitative estimate of drug-likeness (QED) is 0.886. The number of carbonyl (C=O) groups excluding carboxylic acids is 1. The van der Waals surface area contributed by atoms with Gasteiger partial charge in [-0.15, -0.1) is 0 Å². The van der Waals surface area contributed by atoms with Gasteiger partial charge in [-0.05, 0) is 68.3 Å². The van der Waals surface area contributed by atoms with E-state index in [1.807, 2.05) is 19.9 Å². The number of carbonyl (C=O) groups is 1. The van der Waals surface area contributed by atoms with Gasteiger partial charge in [-0.1, -0.05) is 6.07 Å². The predicted molar refractivity (Wildman–Crippen MR) is 97.7 cm³/mol. The summed E-state index contributed by atoms with van der Waals surface area (Å²) in [7, 11) is -3.68. The molecule has 0 spiro atoms. The molecule has 0 aliphatic heterocycles. The molecular weight excluding hydrogens is 343 g/mol. The lowest BCUT2D eigenvalue weighted by atomic mass is 10.1. The maximum Gasteiger partial charge on any atom is 0.247 e. The molecule has 134 valence electrons. The summed E-state index contributed by atoms with van der Waals surface area (Å²) in [5.74, 6) is -0.921. The topological polar surface area (TPSA) is 66.5 Å². The predicted octanol–water partition coefficient (Wildman–Crippen LogP) is 3.24. The molecule has 0 heterocycles. The van der Waals surface area contributed by atoms with Gasteiger partial charge in [0.15, 0.2) is 0 Å². The fourth-order valence-corrected chi connectivity index (χ4v) is 3.83. The van der Waals surface area contributed by atoms with Crippen molar-refractivity contribution in [3.8, 4) is 0 Å². The lowest BCUT2D eigenvalue weighted by molar-refractivity contribution is -0.116. The number of halogens is 1. The Labute approximate surface area is 147 Å². The van der Waals surface area contributed by atoms with Crippen LogP contribution in [0.3, 0.4) is 0 Å². The van der Waals surface area contributed by atoms with Gasteiger partial charge in [0.05, 0.1) is 11.9 Å². The first-order chi connectivity index (χ1) is 11.6. The van der Waals surface area contributed by atoms with Gasteiger partial charge in [-0.25, -0.2) is 12.8 Å². The van der Waals surface area contributed by atoms with Crippen LogP contribution in [0.1, 0.15) is 18.1 Å². The molecule has 1 unspecified atom stereocenters. The first-order valence-electron chi connectivity index (χ1n) is 7.72. The molecule has 5 nitrogen and oxygen atoms in total. The van der Waals surface area contributed by atoms with E-state index in [1.54, 1.807) is 12.1 Å². The zero-order valence-corrected chi connectivity index (χ0v) is 15.4.